The molecular weight excluding hydrogens is 180 g/mol. The molecule has 2 heterocycles. The van der Waals surface area contributed by atoms with E-state index in [9.17, 15) is 4.79 Å². The molecule has 1 amide bonds. The van der Waals surface area contributed by atoms with Crippen LogP contribution in [0.1, 0.15) is 25.7 Å². The summed E-state index contributed by atoms with van der Waals surface area (Å²) in [6, 6.07) is 0.206. The smallest absolute Gasteiger partial charge is 0.407 e. The Morgan fingerprint density at radius 3 is 2.93 bits per heavy atom. The van der Waals surface area contributed by atoms with Crippen molar-refractivity contribution in [2.45, 2.75) is 31.7 Å². The molecule has 2 aliphatic heterocycles. The second-order valence-corrected chi connectivity index (χ2v) is 4.37. The van der Waals surface area contributed by atoms with Crippen LogP contribution in [0, 0.1) is 5.92 Å². The highest BCUT2D eigenvalue weighted by Crippen LogP contribution is 2.23. The number of amides is 1. The van der Waals surface area contributed by atoms with Crippen LogP contribution in [0.2, 0.25) is 0 Å². The molecule has 0 radical (unpaired) electrons. The van der Waals surface area contributed by atoms with Crippen LogP contribution >= 0.6 is 0 Å². The first-order valence-corrected chi connectivity index (χ1v) is 5.47. The number of fused-ring (bicyclic) bond motifs is 3. The summed E-state index contributed by atoms with van der Waals surface area (Å²) in [7, 11) is 0. The summed E-state index contributed by atoms with van der Waals surface area (Å²) in [5, 5.41) is 12.4. The van der Waals surface area contributed by atoms with Gasteiger partial charge in [-0.15, -0.1) is 0 Å². The van der Waals surface area contributed by atoms with Gasteiger partial charge < -0.3 is 15.3 Å². The average Bonchev–Trinajstić information content (AvgIpc) is 2.27. The summed E-state index contributed by atoms with van der Waals surface area (Å²) < 4.78 is 0. The van der Waals surface area contributed by atoms with Crippen LogP contribution in [0.25, 0.3) is 0 Å². The molecule has 0 aromatic rings. The Kier molecular flexibility index (Phi) is 2.91. The molecule has 4 nitrogen and oxygen atoms in total. The minimum Gasteiger partial charge on any atom is -0.465 e. The van der Waals surface area contributed by atoms with Crippen molar-refractivity contribution in [2.24, 2.45) is 5.92 Å². The highest BCUT2D eigenvalue weighted by molar-refractivity contribution is 5.65. The van der Waals surface area contributed by atoms with Crippen LogP contribution in [-0.4, -0.2) is 41.8 Å². The van der Waals surface area contributed by atoms with Crippen LogP contribution < -0.4 is 5.32 Å². The number of hydrogen-bond acceptors (Lipinski definition) is 2. The van der Waals surface area contributed by atoms with Crippen LogP contribution in [0.3, 0.4) is 0 Å². The van der Waals surface area contributed by atoms with Gasteiger partial charge in [-0.05, 0) is 38.1 Å². The molecule has 2 unspecified atom stereocenters. The molecule has 2 N–H and O–H groups in total. The fourth-order valence-corrected chi connectivity index (χ4v) is 2.58. The standard InChI is InChI=1S/C10H18N2O2/c13-10(14)12-5-1-2-8-3-4-9(12)7-11-6-8/h8-9,11H,1-7H2,(H,13,14). The Bertz CT molecular complexity index is 220. The van der Waals surface area contributed by atoms with E-state index in [0.29, 0.717) is 0 Å². The average molecular weight is 198 g/mol. The molecule has 14 heavy (non-hydrogen) atoms. The predicted molar refractivity (Wildman–Crippen MR) is 53.3 cm³/mol. The van der Waals surface area contributed by atoms with E-state index in [1.807, 2.05) is 0 Å². The molecule has 2 saturated heterocycles. The van der Waals surface area contributed by atoms with Gasteiger partial charge in [-0.1, -0.05) is 0 Å². The summed E-state index contributed by atoms with van der Waals surface area (Å²) in [6.07, 6.45) is 3.65. The normalized spacial score (nSPS) is 33.3. The van der Waals surface area contributed by atoms with Gasteiger partial charge in [-0.2, -0.15) is 0 Å². The van der Waals surface area contributed by atoms with Gasteiger partial charge in [0.05, 0.1) is 0 Å². The van der Waals surface area contributed by atoms with Crippen molar-refractivity contribution in [2.75, 3.05) is 19.6 Å². The van der Waals surface area contributed by atoms with Gasteiger partial charge in [0.15, 0.2) is 0 Å². The summed E-state index contributed by atoms with van der Waals surface area (Å²) in [6.45, 7) is 2.63. The van der Waals surface area contributed by atoms with Gasteiger partial charge in [0, 0.05) is 19.1 Å². The Labute approximate surface area is 84.3 Å². The van der Waals surface area contributed by atoms with Crippen molar-refractivity contribution in [3.63, 3.8) is 0 Å². The first kappa shape index (κ1) is 9.77. The zero-order chi connectivity index (χ0) is 9.97. The van der Waals surface area contributed by atoms with Gasteiger partial charge in [0.25, 0.3) is 0 Å². The molecule has 2 aliphatic rings. The quantitative estimate of drug-likeness (QED) is 0.613. The number of nitrogens with one attached hydrogen (secondary N) is 1. The third-order valence-electron chi connectivity index (χ3n) is 3.42. The van der Waals surface area contributed by atoms with Gasteiger partial charge in [0.1, 0.15) is 0 Å². The zero-order valence-corrected chi connectivity index (χ0v) is 8.41. The minimum atomic E-state index is -0.753. The lowest BCUT2D eigenvalue weighted by molar-refractivity contribution is 0.116. The van der Waals surface area contributed by atoms with Crippen LogP contribution in [0.15, 0.2) is 0 Å². The maximum absolute atomic E-state index is 11.0. The number of carbonyl (C=O) groups is 1. The first-order valence-electron chi connectivity index (χ1n) is 5.47. The Morgan fingerprint density at radius 1 is 1.29 bits per heavy atom. The van der Waals surface area contributed by atoms with E-state index in [1.54, 1.807) is 4.90 Å². The fraction of sp³-hybridized carbons (Fsp3) is 0.900. The largest absolute Gasteiger partial charge is 0.465 e. The van der Waals surface area contributed by atoms with E-state index in [1.165, 1.54) is 12.8 Å². The van der Waals surface area contributed by atoms with Crippen molar-refractivity contribution < 1.29 is 9.90 Å². The third-order valence-corrected chi connectivity index (χ3v) is 3.42. The molecule has 0 aliphatic carbocycles. The topological polar surface area (TPSA) is 52.6 Å². The predicted octanol–water partition coefficient (Wildman–Crippen LogP) is 1.13. The number of carboxylic acid groups (broad SMARTS) is 1. The number of likely N-dealkylation sites (tertiary alicyclic amines) is 1. The van der Waals surface area contributed by atoms with E-state index in [0.717, 1.165) is 38.4 Å². The van der Waals surface area contributed by atoms with Crippen LogP contribution in [0.5, 0.6) is 0 Å². The Balaban J connectivity index is 2.08. The van der Waals surface area contributed by atoms with E-state index in [4.69, 9.17) is 5.11 Å². The van der Waals surface area contributed by atoms with Gasteiger partial charge >= 0.3 is 6.09 Å². The highest BCUT2D eigenvalue weighted by Gasteiger charge is 2.28. The highest BCUT2D eigenvalue weighted by atomic mass is 16.4. The molecule has 2 rings (SSSR count). The van der Waals surface area contributed by atoms with Crippen LogP contribution in [-0.2, 0) is 0 Å². The zero-order valence-electron chi connectivity index (χ0n) is 8.41. The Morgan fingerprint density at radius 2 is 2.14 bits per heavy atom. The molecule has 0 aromatic carbocycles. The van der Waals surface area contributed by atoms with Gasteiger partial charge in [-0.3, -0.25) is 0 Å². The fourth-order valence-electron chi connectivity index (χ4n) is 2.58. The monoisotopic (exact) mass is 198 g/mol. The third kappa shape index (κ3) is 2.00. The lowest BCUT2D eigenvalue weighted by Crippen LogP contribution is -2.44. The number of nitrogens with zero attached hydrogens (tertiary/aromatic N) is 1. The van der Waals surface area contributed by atoms with Crippen molar-refractivity contribution in [3.05, 3.63) is 0 Å². The second kappa shape index (κ2) is 4.17. The summed E-state index contributed by atoms with van der Waals surface area (Å²) in [4.78, 5) is 12.6. The van der Waals surface area contributed by atoms with E-state index < -0.39 is 6.09 Å². The molecule has 0 aromatic heterocycles. The van der Waals surface area contributed by atoms with E-state index in [-0.39, 0.29) is 6.04 Å². The molecule has 0 saturated carbocycles. The van der Waals surface area contributed by atoms with Crippen molar-refractivity contribution in [1.82, 2.24) is 10.2 Å². The van der Waals surface area contributed by atoms with E-state index in [2.05, 4.69) is 5.32 Å². The maximum Gasteiger partial charge on any atom is 0.407 e. The molecule has 4 heteroatoms. The summed E-state index contributed by atoms with van der Waals surface area (Å²) in [5.74, 6) is 0.774. The maximum atomic E-state index is 11.0. The van der Waals surface area contributed by atoms with Gasteiger partial charge in [-0.25, -0.2) is 4.79 Å². The van der Waals surface area contributed by atoms with Crippen LogP contribution in [0.4, 0.5) is 4.79 Å². The molecule has 2 atom stereocenters. The van der Waals surface area contributed by atoms with E-state index >= 15 is 0 Å². The van der Waals surface area contributed by atoms with Crippen molar-refractivity contribution in [3.8, 4) is 0 Å². The lowest BCUT2D eigenvalue weighted by Gasteiger charge is -2.30. The second-order valence-electron chi connectivity index (χ2n) is 4.37. The molecule has 0 spiro atoms. The minimum absolute atomic E-state index is 0.206. The lowest BCUT2D eigenvalue weighted by atomic mass is 9.94. The number of rotatable bonds is 0. The SMILES string of the molecule is O=C(O)N1CCCC2CCC1CNC2. The number of hydrogen-bond donors (Lipinski definition) is 2. The van der Waals surface area contributed by atoms with Crippen molar-refractivity contribution >= 4 is 6.09 Å². The molecule has 80 valence electrons. The molecule has 2 fully saturated rings. The first-order chi connectivity index (χ1) is 6.77. The summed E-state index contributed by atoms with van der Waals surface area (Å²) in [5.41, 5.74) is 0. The van der Waals surface area contributed by atoms with Gasteiger partial charge in [0.2, 0.25) is 0 Å². The molecular formula is C10H18N2O2. The molecule has 2 bridgehead atoms. The van der Waals surface area contributed by atoms with Crippen molar-refractivity contribution in [1.29, 1.82) is 0 Å². The Hall–Kier alpha value is -0.770. The summed E-state index contributed by atoms with van der Waals surface area (Å²) >= 11 is 0.